The number of hydrogen-bond acceptors (Lipinski definition) is 4. The summed E-state index contributed by atoms with van der Waals surface area (Å²) in [5.41, 5.74) is 2.22. The van der Waals surface area contributed by atoms with Gasteiger partial charge in [0.2, 0.25) is 0 Å². The molecule has 1 aromatic heterocycles. The summed E-state index contributed by atoms with van der Waals surface area (Å²) < 4.78 is 5.43. The Bertz CT molecular complexity index is 824. The topological polar surface area (TPSA) is 25.4 Å². The zero-order chi connectivity index (χ0) is 20.8. The van der Waals surface area contributed by atoms with Crippen LogP contribution < -0.4 is 4.74 Å². The Hall–Kier alpha value is -0.970. The standard InChI is InChI=1S/C25H35ClN2OS/c1-29-20-12-13-25-23(17-20)22(24(26)18-27-25)11-6-8-19-7-4-5-14-28(19)15-16-30-21-9-2-3-10-21/h12-13,17-19,21H,2-11,14-16H2,1H3. The van der Waals surface area contributed by atoms with Crippen molar-refractivity contribution in [1.29, 1.82) is 0 Å². The number of aromatic nitrogens is 1. The highest BCUT2D eigenvalue weighted by Crippen LogP contribution is 2.31. The van der Waals surface area contributed by atoms with Crippen molar-refractivity contribution in [2.24, 2.45) is 0 Å². The molecule has 2 aromatic rings. The summed E-state index contributed by atoms with van der Waals surface area (Å²) in [6.07, 6.45) is 15.1. The van der Waals surface area contributed by atoms with Crippen LogP contribution in [0, 0.1) is 0 Å². The largest absolute Gasteiger partial charge is 0.497 e. The number of aryl methyl sites for hydroxylation is 1. The van der Waals surface area contributed by atoms with Crippen molar-refractivity contribution in [3.05, 3.63) is 35.0 Å². The van der Waals surface area contributed by atoms with Gasteiger partial charge in [-0.05, 0) is 75.3 Å². The average molecular weight is 447 g/mol. The average Bonchev–Trinajstić information content (AvgIpc) is 3.29. The number of benzene rings is 1. The van der Waals surface area contributed by atoms with Gasteiger partial charge in [0.25, 0.3) is 0 Å². The molecule has 164 valence electrons. The summed E-state index contributed by atoms with van der Waals surface area (Å²) in [5, 5.41) is 2.85. The molecule has 1 saturated heterocycles. The normalized spacial score (nSPS) is 20.8. The summed E-state index contributed by atoms with van der Waals surface area (Å²) in [6, 6.07) is 6.82. The molecule has 2 heterocycles. The summed E-state index contributed by atoms with van der Waals surface area (Å²) in [7, 11) is 1.71. The minimum absolute atomic E-state index is 0.740. The zero-order valence-electron chi connectivity index (χ0n) is 18.2. The van der Waals surface area contributed by atoms with Gasteiger partial charge in [-0.1, -0.05) is 30.9 Å². The first kappa shape index (κ1) is 22.2. The number of rotatable bonds is 9. The van der Waals surface area contributed by atoms with Crippen LogP contribution in [0.3, 0.4) is 0 Å². The predicted molar refractivity (Wildman–Crippen MR) is 130 cm³/mol. The van der Waals surface area contributed by atoms with E-state index in [0.717, 1.165) is 39.4 Å². The smallest absolute Gasteiger partial charge is 0.119 e. The molecule has 1 atom stereocenters. The summed E-state index contributed by atoms with van der Waals surface area (Å²) in [6.45, 7) is 2.55. The first-order valence-corrected chi connectivity index (χ1v) is 13.1. The van der Waals surface area contributed by atoms with E-state index in [0.29, 0.717) is 0 Å². The minimum Gasteiger partial charge on any atom is -0.497 e. The van der Waals surface area contributed by atoms with Gasteiger partial charge in [0.05, 0.1) is 17.6 Å². The number of thioether (sulfide) groups is 1. The second-order valence-electron chi connectivity index (χ2n) is 8.82. The van der Waals surface area contributed by atoms with Crippen LogP contribution in [0.2, 0.25) is 5.02 Å². The molecule has 2 fully saturated rings. The van der Waals surface area contributed by atoms with Crippen molar-refractivity contribution in [3.8, 4) is 5.75 Å². The van der Waals surface area contributed by atoms with Gasteiger partial charge in [0, 0.05) is 35.2 Å². The molecule has 1 aromatic carbocycles. The van der Waals surface area contributed by atoms with Gasteiger partial charge in [-0.25, -0.2) is 0 Å². The van der Waals surface area contributed by atoms with E-state index in [1.807, 2.05) is 12.1 Å². The summed E-state index contributed by atoms with van der Waals surface area (Å²) >= 11 is 8.79. The lowest BCUT2D eigenvalue weighted by Crippen LogP contribution is -2.41. The van der Waals surface area contributed by atoms with Crippen LogP contribution in [-0.4, -0.2) is 47.1 Å². The second-order valence-corrected chi connectivity index (χ2v) is 10.6. The molecule has 4 rings (SSSR count). The number of ether oxygens (including phenoxy) is 1. The van der Waals surface area contributed by atoms with Gasteiger partial charge >= 0.3 is 0 Å². The summed E-state index contributed by atoms with van der Waals surface area (Å²) in [4.78, 5) is 7.27. The first-order chi connectivity index (χ1) is 14.7. The van der Waals surface area contributed by atoms with Gasteiger partial charge in [-0.15, -0.1) is 0 Å². The van der Waals surface area contributed by atoms with Crippen LogP contribution in [0.1, 0.15) is 63.4 Å². The van der Waals surface area contributed by atoms with Crippen molar-refractivity contribution in [2.75, 3.05) is 26.0 Å². The Labute approximate surface area is 190 Å². The van der Waals surface area contributed by atoms with Crippen molar-refractivity contribution in [2.45, 2.75) is 75.5 Å². The molecule has 3 nitrogen and oxygen atoms in total. The van der Waals surface area contributed by atoms with E-state index < -0.39 is 0 Å². The van der Waals surface area contributed by atoms with E-state index in [4.69, 9.17) is 16.3 Å². The SMILES string of the molecule is COc1ccc2ncc(Cl)c(CCCC3CCCCN3CCSC3CCCC3)c2c1. The maximum absolute atomic E-state index is 6.56. The molecule has 0 amide bonds. The van der Waals surface area contributed by atoms with E-state index >= 15 is 0 Å². The molecular formula is C25H35ClN2OS. The lowest BCUT2D eigenvalue weighted by Gasteiger charge is -2.36. The molecule has 0 spiro atoms. The molecular weight excluding hydrogens is 412 g/mol. The third-order valence-corrected chi connectivity index (χ3v) is 8.57. The lowest BCUT2D eigenvalue weighted by molar-refractivity contribution is 0.147. The van der Waals surface area contributed by atoms with Crippen LogP contribution in [0.25, 0.3) is 10.9 Å². The fourth-order valence-corrected chi connectivity index (χ4v) is 6.76. The number of pyridine rings is 1. The van der Waals surface area contributed by atoms with Crippen LogP contribution in [0.4, 0.5) is 0 Å². The number of nitrogens with zero attached hydrogens (tertiary/aromatic N) is 2. The van der Waals surface area contributed by atoms with Gasteiger partial charge in [0.1, 0.15) is 5.75 Å². The molecule has 0 radical (unpaired) electrons. The van der Waals surface area contributed by atoms with Gasteiger partial charge in [0.15, 0.2) is 0 Å². The maximum Gasteiger partial charge on any atom is 0.119 e. The number of likely N-dealkylation sites (tertiary alicyclic amines) is 1. The van der Waals surface area contributed by atoms with Crippen molar-refractivity contribution in [3.63, 3.8) is 0 Å². The molecule has 0 bridgehead atoms. The number of piperidine rings is 1. The van der Waals surface area contributed by atoms with Crippen LogP contribution in [0.15, 0.2) is 24.4 Å². The van der Waals surface area contributed by atoms with E-state index in [2.05, 4.69) is 27.7 Å². The Morgan fingerprint density at radius 3 is 2.83 bits per heavy atom. The molecule has 1 saturated carbocycles. The molecule has 5 heteroatoms. The zero-order valence-corrected chi connectivity index (χ0v) is 19.8. The highest BCUT2D eigenvalue weighted by atomic mass is 35.5. The minimum atomic E-state index is 0.740. The Balaban J connectivity index is 1.33. The summed E-state index contributed by atoms with van der Waals surface area (Å²) in [5.74, 6) is 2.17. The quantitative estimate of drug-likeness (QED) is 0.425. The van der Waals surface area contributed by atoms with E-state index in [1.54, 1.807) is 13.3 Å². The lowest BCUT2D eigenvalue weighted by atomic mass is 9.95. The van der Waals surface area contributed by atoms with Crippen molar-refractivity contribution in [1.82, 2.24) is 9.88 Å². The number of methoxy groups -OCH3 is 1. The van der Waals surface area contributed by atoms with Gasteiger partial charge < -0.3 is 4.74 Å². The fraction of sp³-hybridized carbons (Fsp3) is 0.640. The Kier molecular flexibility index (Phi) is 8.20. The van der Waals surface area contributed by atoms with Crippen LogP contribution in [0.5, 0.6) is 5.75 Å². The first-order valence-electron chi connectivity index (χ1n) is 11.7. The third-order valence-electron chi connectivity index (χ3n) is 6.88. The number of fused-ring (bicyclic) bond motifs is 1. The van der Waals surface area contributed by atoms with E-state index in [9.17, 15) is 0 Å². The van der Waals surface area contributed by atoms with E-state index in [-0.39, 0.29) is 0 Å². The van der Waals surface area contributed by atoms with Gasteiger partial charge in [-0.3, -0.25) is 9.88 Å². The third kappa shape index (κ3) is 5.63. The predicted octanol–water partition coefficient (Wildman–Crippen LogP) is 6.75. The van der Waals surface area contributed by atoms with Crippen molar-refractivity contribution < 1.29 is 4.74 Å². The molecule has 0 N–H and O–H groups in total. The molecule has 30 heavy (non-hydrogen) atoms. The van der Waals surface area contributed by atoms with Crippen LogP contribution in [-0.2, 0) is 6.42 Å². The highest BCUT2D eigenvalue weighted by molar-refractivity contribution is 7.99. The highest BCUT2D eigenvalue weighted by Gasteiger charge is 2.23. The fourth-order valence-electron chi connectivity index (χ4n) is 5.17. The number of halogens is 1. The van der Waals surface area contributed by atoms with Crippen LogP contribution >= 0.6 is 23.4 Å². The second kappa shape index (κ2) is 11.1. The Morgan fingerprint density at radius 2 is 2.00 bits per heavy atom. The van der Waals surface area contributed by atoms with Crippen molar-refractivity contribution >= 4 is 34.3 Å². The molecule has 2 aliphatic rings. The molecule has 1 unspecified atom stereocenters. The van der Waals surface area contributed by atoms with E-state index in [1.165, 1.54) is 82.2 Å². The number of hydrogen-bond donors (Lipinski definition) is 0. The maximum atomic E-state index is 6.56. The molecule has 1 aliphatic carbocycles. The molecule has 1 aliphatic heterocycles. The van der Waals surface area contributed by atoms with Gasteiger partial charge in [-0.2, -0.15) is 11.8 Å². The monoisotopic (exact) mass is 446 g/mol. The Morgan fingerprint density at radius 1 is 1.17 bits per heavy atom.